The molecule has 0 spiro atoms. The summed E-state index contributed by atoms with van der Waals surface area (Å²) in [4.78, 5) is 10.2. The summed E-state index contributed by atoms with van der Waals surface area (Å²) in [6, 6.07) is 0. The van der Waals surface area contributed by atoms with Crippen LogP contribution in [-0.2, 0) is 9.53 Å². The van der Waals surface area contributed by atoms with Gasteiger partial charge in [0.05, 0.1) is 12.7 Å². The lowest BCUT2D eigenvalue weighted by Crippen LogP contribution is -2.17. The minimum Gasteiger partial charge on any atom is -0.478 e. The molecule has 1 saturated heterocycles. The highest BCUT2D eigenvalue weighted by Gasteiger charge is 2.32. The van der Waals surface area contributed by atoms with Crippen molar-refractivity contribution in [1.29, 1.82) is 0 Å². The van der Waals surface area contributed by atoms with Gasteiger partial charge in [0.25, 0.3) is 0 Å². The average molecular weight is 158 g/mol. The third-order valence-electron chi connectivity index (χ3n) is 1.55. The number of rotatable bonds is 4. The third kappa shape index (κ3) is 2.32. The summed E-state index contributed by atoms with van der Waals surface area (Å²) in [6.45, 7) is 3.81. The van der Waals surface area contributed by atoms with Gasteiger partial charge < -0.3 is 14.9 Å². The number of carbonyl (C=O) groups is 1. The fourth-order valence-electron chi connectivity index (χ4n) is 0.749. The molecular weight excluding hydrogens is 148 g/mol. The van der Waals surface area contributed by atoms with Crippen molar-refractivity contribution in [2.75, 3.05) is 6.61 Å². The number of hydrogen-bond acceptors (Lipinski definition) is 3. The lowest BCUT2D eigenvalue weighted by atomic mass is 10.1. The predicted octanol–water partition coefficient (Wildman–Crippen LogP) is -0.223. The zero-order valence-corrected chi connectivity index (χ0v) is 5.99. The molecule has 2 N–H and O–H groups in total. The van der Waals surface area contributed by atoms with E-state index >= 15 is 0 Å². The number of aliphatic hydroxyl groups is 1. The Bertz CT molecular complexity index is 183. The molecule has 0 aromatic carbocycles. The quantitative estimate of drug-likeness (QED) is 0.438. The number of carboxylic acid groups (broad SMARTS) is 1. The van der Waals surface area contributed by atoms with Crippen LogP contribution in [0, 0.1) is 0 Å². The smallest absolute Gasteiger partial charge is 0.331 e. The van der Waals surface area contributed by atoms with Crippen LogP contribution in [0.2, 0.25) is 0 Å². The van der Waals surface area contributed by atoms with E-state index in [1.54, 1.807) is 0 Å². The van der Waals surface area contributed by atoms with E-state index in [4.69, 9.17) is 14.9 Å². The van der Waals surface area contributed by atoms with Gasteiger partial charge in [0, 0.05) is 12.0 Å². The van der Waals surface area contributed by atoms with Crippen molar-refractivity contribution >= 4 is 5.97 Å². The van der Waals surface area contributed by atoms with Gasteiger partial charge in [-0.1, -0.05) is 6.58 Å². The van der Waals surface area contributed by atoms with E-state index in [1.165, 1.54) is 0 Å². The molecule has 0 aromatic rings. The zero-order valence-electron chi connectivity index (χ0n) is 5.99. The number of aliphatic hydroxyl groups excluding tert-OH is 1. The molecule has 4 heteroatoms. The lowest BCUT2D eigenvalue weighted by Gasteiger charge is -2.05. The van der Waals surface area contributed by atoms with Gasteiger partial charge in [-0.05, 0) is 0 Å². The summed E-state index contributed by atoms with van der Waals surface area (Å²) >= 11 is 0. The van der Waals surface area contributed by atoms with Crippen LogP contribution >= 0.6 is 0 Å². The Labute approximate surface area is 64.1 Å². The first kappa shape index (κ1) is 8.23. The Kier molecular flexibility index (Phi) is 2.26. The maximum atomic E-state index is 10.2. The number of carboxylic acids is 1. The Morgan fingerprint density at radius 3 is 2.73 bits per heavy atom. The van der Waals surface area contributed by atoms with Crippen molar-refractivity contribution in [2.45, 2.75) is 18.6 Å². The average Bonchev–Trinajstić information content (AvgIpc) is 2.67. The molecule has 2 atom stereocenters. The second-order valence-electron chi connectivity index (χ2n) is 2.55. The molecule has 1 fully saturated rings. The van der Waals surface area contributed by atoms with Gasteiger partial charge in [0.2, 0.25) is 0 Å². The number of hydrogen-bond donors (Lipinski definition) is 2. The van der Waals surface area contributed by atoms with Crippen molar-refractivity contribution in [3.8, 4) is 0 Å². The van der Waals surface area contributed by atoms with Crippen molar-refractivity contribution in [2.24, 2.45) is 0 Å². The van der Waals surface area contributed by atoms with E-state index in [2.05, 4.69) is 6.58 Å². The van der Waals surface area contributed by atoms with Crippen molar-refractivity contribution in [1.82, 2.24) is 0 Å². The molecule has 11 heavy (non-hydrogen) atoms. The van der Waals surface area contributed by atoms with Crippen LogP contribution < -0.4 is 0 Å². The number of epoxide rings is 1. The SMILES string of the molecule is C=C(CC(O)C1CO1)C(=O)O. The minimum atomic E-state index is -1.07. The number of aliphatic carboxylic acids is 1. The summed E-state index contributed by atoms with van der Waals surface area (Å²) in [6.07, 6.45) is -0.801. The molecule has 4 nitrogen and oxygen atoms in total. The molecule has 1 aliphatic rings. The van der Waals surface area contributed by atoms with Gasteiger partial charge in [0.15, 0.2) is 0 Å². The van der Waals surface area contributed by atoms with Crippen LogP contribution in [-0.4, -0.2) is 35.0 Å². The second kappa shape index (κ2) is 3.02. The maximum absolute atomic E-state index is 10.2. The predicted molar refractivity (Wildman–Crippen MR) is 37.1 cm³/mol. The van der Waals surface area contributed by atoms with Gasteiger partial charge in [-0.25, -0.2) is 4.79 Å². The Balaban J connectivity index is 2.28. The largest absolute Gasteiger partial charge is 0.478 e. The van der Waals surface area contributed by atoms with Crippen LogP contribution in [0.4, 0.5) is 0 Å². The Morgan fingerprint density at radius 2 is 2.36 bits per heavy atom. The van der Waals surface area contributed by atoms with Gasteiger partial charge in [-0.15, -0.1) is 0 Å². The molecule has 2 unspecified atom stereocenters. The van der Waals surface area contributed by atoms with Crippen LogP contribution in [0.3, 0.4) is 0 Å². The minimum absolute atomic E-state index is 0.0213. The first-order valence-corrected chi connectivity index (χ1v) is 3.32. The molecule has 1 aliphatic heterocycles. The molecule has 62 valence electrons. The van der Waals surface area contributed by atoms with Gasteiger partial charge >= 0.3 is 5.97 Å². The monoisotopic (exact) mass is 158 g/mol. The molecule has 0 aliphatic carbocycles. The summed E-state index contributed by atoms with van der Waals surface area (Å²) < 4.78 is 4.77. The van der Waals surface area contributed by atoms with Gasteiger partial charge in [-0.2, -0.15) is 0 Å². The Morgan fingerprint density at radius 1 is 1.82 bits per heavy atom. The second-order valence-corrected chi connectivity index (χ2v) is 2.55. The highest BCUT2D eigenvalue weighted by Crippen LogP contribution is 2.18. The standard InChI is InChI=1S/C7H10O4/c1-4(7(9)10)2-5(8)6-3-11-6/h5-6,8H,1-3H2,(H,9,10). The lowest BCUT2D eigenvalue weighted by molar-refractivity contribution is -0.133. The number of ether oxygens (including phenoxy) is 1. The summed E-state index contributed by atoms with van der Waals surface area (Å²) in [5, 5.41) is 17.5. The molecule has 0 aromatic heterocycles. The first-order valence-electron chi connectivity index (χ1n) is 3.32. The maximum Gasteiger partial charge on any atom is 0.331 e. The van der Waals surface area contributed by atoms with Crippen LogP contribution in [0.15, 0.2) is 12.2 Å². The van der Waals surface area contributed by atoms with E-state index in [1.807, 2.05) is 0 Å². The van der Waals surface area contributed by atoms with E-state index in [-0.39, 0.29) is 18.1 Å². The fraction of sp³-hybridized carbons (Fsp3) is 0.571. The first-order chi connectivity index (χ1) is 5.11. The molecule has 0 bridgehead atoms. The van der Waals surface area contributed by atoms with Gasteiger partial charge in [-0.3, -0.25) is 0 Å². The van der Waals surface area contributed by atoms with Crippen molar-refractivity contribution < 1.29 is 19.7 Å². The van der Waals surface area contributed by atoms with Crippen molar-refractivity contribution in [3.05, 3.63) is 12.2 Å². The Hall–Kier alpha value is -0.870. The molecule has 0 amide bonds. The topological polar surface area (TPSA) is 70.1 Å². The highest BCUT2D eigenvalue weighted by atomic mass is 16.6. The molecule has 0 radical (unpaired) electrons. The summed E-state index contributed by atoms with van der Waals surface area (Å²) in [7, 11) is 0. The molecular formula is C7H10O4. The van der Waals surface area contributed by atoms with Crippen LogP contribution in [0.5, 0.6) is 0 Å². The van der Waals surface area contributed by atoms with E-state index in [0.29, 0.717) is 6.61 Å². The zero-order chi connectivity index (χ0) is 8.43. The summed E-state index contributed by atoms with van der Waals surface area (Å²) in [5.41, 5.74) is 0.0213. The normalized spacial score (nSPS) is 24.3. The van der Waals surface area contributed by atoms with E-state index in [0.717, 1.165) is 0 Å². The van der Waals surface area contributed by atoms with Crippen LogP contribution in [0.25, 0.3) is 0 Å². The van der Waals surface area contributed by atoms with Crippen LogP contribution in [0.1, 0.15) is 6.42 Å². The third-order valence-corrected chi connectivity index (χ3v) is 1.55. The summed E-state index contributed by atoms with van der Waals surface area (Å²) in [5.74, 6) is -1.07. The molecule has 1 heterocycles. The molecule has 1 rings (SSSR count). The fourth-order valence-corrected chi connectivity index (χ4v) is 0.749. The van der Waals surface area contributed by atoms with E-state index < -0.39 is 12.1 Å². The van der Waals surface area contributed by atoms with Gasteiger partial charge in [0.1, 0.15) is 6.10 Å². The molecule has 0 saturated carbocycles. The van der Waals surface area contributed by atoms with Crippen molar-refractivity contribution in [3.63, 3.8) is 0 Å². The highest BCUT2D eigenvalue weighted by molar-refractivity contribution is 5.85. The van der Waals surface area contributed by atoms with E-state index in [9.17, 15) is 4.79 Å².